The van der Waals surface area contributed by atoms with Gasteiger partial charge in [-0.05, 0) is 25.0 Å². The Morgan fingerprint density at radius 3 is 2.54 bits per heavy atom. The van der Waals surface area contributed by atoms with Crippen molar-refractivity contribution in [1.82, 2.24) is 20.9 Å². The van der Waals surface area contributed by atoms with Gasteiger partial charge < -0.3 is 16.0 Å². The van der Waals surface area contributed by atoms with E-state index in [-0.39, 0.29) is 35.7 Å². The molecule has 1 aromatic carbocycles. The second kappa shape index (κ2) is 11.8. The van der Waals surface area contributed by atoms with Crippen LogP contribution in [0.15, 0.2) is 34.8 Å². The summed E-state index contributed by atoms with van der Waals surface area (Å²) in [5, 5.41) is 9.06. The Morgan fingerprint density at radius 1 is 1.19 bits per heavy atom. The lowest BCUT2D eigenvalue weighted by Crippen LogP contribution is -2.42. The highest BCUT2D eigenvalue weighted by Crippen LogP contribution is 2.11. The van der Waals surface area contributed by atoms with E-state index in [0.717, 1.165) is 5.69 Å². The molecule has 1 heterocycles. The van der Waals surface area contributed by atoms with E-state index >= 15 is 0 Å². The summed E-state index contributed by atoms with van der Waals surface area (Å²) in [5.41, 5.74) is 3.06. The number of rotatable bonds is 7. The lowest BCUT2D eigenvalue weighted by atomic mass is 10.1. The number of aromatic nitrogens is 1. The van der Waals surface area contributed by atoms with Gasteiger partial charge in [0.25, 0.3) is 5.91 Å². The number of nitrogens with zero attached hydrogens (tertiary/aromatic N) is 2. The van der Waals surface area contributed by atoms with Crippen molar-refractivity contribution in [1.29, 1.82) is 0 Å². The number of nitrogens with one attached hydrogen (secondary N) is 3. The van der Waals surface area contributed by atoms with E-state index in [1.807, 2.05) is 13.0 Å². The van der Waals surface area contributed by atoms with Gasteiger partial charge in [-0.3, -0.25) is 9.79 Å². The van der Waals surface area contributed by atoms with Gasteiger partial charge in [-0.2, -0.15) is 0 Å². The third-order valence-electron chi connectivity index (χ3n) is 3.52. The zero-order valence-electron chi connectivity index (χ0n) is 14.7. The molecule has 142 valence electrons. The van der Waals surface area contributed by atoms with Crippen LogP contribution in [0.2, 0.25) is 0 Å². The Hall–Kier alpha value is -1.75. The summed E-state index contributed by atoms with van der Waals surface area (Å²) in [7, 11) is 1.66. The Kier molecular flexibility index (Phi) is 10.1. The molecule has 1 amide bonds. The number of aliphatic imine (C=N–C) groups is 1. The normalized spacial score (nSPS) is 10.8. The number of hydrogen-bond acceptors (Lipinski definition) is 4. The van der Waals surface area contributed by atoms with E-state index in [9.17, 15) is 9.18 Å². The van der Waals surface area contributed by atoms with Crippen LogP contribution in [0.25, 0.3) is 0 Å². The topological polar surface area (TPSA) is 78.4 Å². The van der Waals surface area contributed by atoms with Crippen LogP contribution >= 0.6 is 35.3 Å². The number of carbonyl (C=O) groups is 1. The number of amides is 1. The van der Waals surface area contributed by atoms with Crippen LogP contribution in [0.3, 0.4) is 0 Å². The first-order valence-electron chi connectivity index (χ1n) is 7.98. The van der Waals surface area contributed by atoms with Gasteiger partial charge in [0, 0.05) is 26.7 Å². The highest BCUT2D eigenvalue weighted by Gasteiger charge is 2.10. The van der Waals surface area contributed by atoms with Gasteiger partial charge in [-0.1, -0.05) is 18.2 Å². The van der Waals surface area contributed by atoms with Gasteiger partial charge in [-0.15, -0.1) is 35.3 Å². The summed E-state index contributed by atoms with van der Waals surface area (Å²) in [5.74, 6) is 0.289. The van der Waals surface area contributed by atoms with Crippen LogP contribution in [0.4, 0.5) is 4.39 Å². The van der Waals surface area contributed by atoms with Crippen molar-refractivity contribution in [3.05, 3.63) is 51.7 Å². The molecule has 0 bridgehead atoms. The second-order valence-electron chi connectivity index (χ2n) is 5.29. The number of benzene rings is 1. The monoisotopic (exact) mass is 491 g/mol. The van der Waals surface area contributed by atoms with Gasteiger partial charge in [0.15, 0.2) is 5.96 Å². The molecule has 0 aliphatic carbocycles. The van der Waals surface area contributed by atoms with E-state index in [1.54, 1.807) is 24.7 Å². The minimum absolute atomic E-state index is 0. The zero-order chi connectivity index (χ0) is 18.1. The van der Waals surface area contributed by atoms with Gasteiger partial charge in [-0.25, -0.2) is 9.37 Å². The molecule has 0 aliphatic heterocycles. The van der Waals surface area contributed by atoms with Crippen molar-refractivity contribution in [2.45, 2.75) is 13.3 Å². The van der Waals surface area contributed by atoms with Crippen LogP contribution in [0.5, 0.6) is 0 Å². The van der Waals surface area contributed by atoms with E-state index in [0.29, 0.717) is 42.5 Å². The van der Waals surface area contributed by atoms with Crippen molar-refractivity contribution < 1.29 is 9.18 Å². The molecule has 0 saturated carbocycles. The largest absolute Gasteiger partial charge is 0.356 e. The van der Waals surface area contributed by atoms with Gasteiger partial charge in [0.1, 0.15) is 10.7 Å². The highest BCUT2D eigenvalue weighted by atomic mass is 127. The predicted molar refractivity (Wildman–Crippen MR) is 114 cm³/mol. The predicted octanol–water partition coefficient (Wildman–Crippen LogP) is 2.35. The third kappa shape index (κ3) is 6.87. The van der Waals surface area contributed by atoms with Crippen molar-refractivity contribution in [3.63, 3.8) is 0 Å². The Bertz CT molecular complexity index is 737. The van der Waals surface area contributed by atoms with Crippen LogP contribution in [-0.4, -0.2) is 43.5 Å². The molecule has 2 aromatic rings. The van der Waals surface area contributed by atoms with E-state index in [2.05, 4.69) is 25.9 Å². The zero-order valence-corrected chi connectivity index (χ0v) is 17.9. The van der Waals surface area contributed by atoms with Crippen LogP contribution in [-0.2, 0) is 6.42 Å². The molecular weight excluding hydrogens is 468 g/mol. The molecule has 0 spiro atoms. The lowest BCUT2D eigenvalue weighted by molar-refractivity contribution is 0.0957. The maximum atomic E-state index is 13.5. The molecule has 9 heteroatoms. The molecule has 0 aliphatic rings. The fourth-order valence-electron chi connectivity index (χ4n) is 2.19. The van der Waals surface area contributed by atoms with Crippen molar-refractivity contribution >= 4 is 47.2 Å². The quantitative estimate of drug-likeness (QED) is 0.241. The Labute approximate surface area is 173 Å². The summed E-state index contributed by atoms with van der Waals surface area (Å²) >= 11 is 1.33. The average Bonchev–Trinajstić information content (AvgIpc) is 3.04. The first-order valence-corrected chi connectivity index (χ1v) is 8.86. The molecule has 0 fully saturated rings. The molecule has 26 heavy (non-hydrogen) atoms. The number of halogens is 2. The number of carbonyl (C=O) groups excluding carboxylic acids is 1. The van der Waals surface area contributed by atoms with Gasteiger partial charge in [0.05, 0.1) is 11.2 Å². The fraction of sp³-hybridized carbons (Fsp3) is 0.353. The molecule has 1 aromatic heterocycles. The summed E-state index contributed by atoms with van der Waals surface area (Å²) in [6.07, 6.45) is 0.564. The van der Waals surface area contributed by atoms with Gasteiger partial charge >= 0.3 is 0 Å². The number of thiazole rings is 1. The SMILES string of the molecule is CN=C(NCCNC(=O)c1scnc1C)NCCc1ccccc1F.I. The summed E-state index contributed by atoms with van der Waals surface area (Å²) in [6, 6.07) is 6.72. The number of aryl methyl sites for hydroxylation is 1. The average molecular weight is 491 g/mol. The van der Waals surface area contributed by atoms with Crippen LogP contribution < -0.4 is 16.0 Å². The number of guanidine groups is 1. The second-order valence-corrected chi connectivity index (χ2v) is 6.14. The molecule has 6 nitrogen and oxygen atoms in total. The molecule has 0 radical (unpaired) electrons. The summed E-state index contributed by atoms with van der Waals surface area (Å²) in [6.45, 7) is 3.37. The van der Waals surface area contributed by atoms with E-state index in [4.69, 9.17) is 0 Å². The summed E-state index contributed by atoms with van der Waals surface area (Å²) in [4.78, 5) is 20.7. The first kappa shape index (κ1) is 22.3. The molecular formula is C17H23FIN5OS. The Morgan fingerprint density at radius 2 is 1.88 bits per heavy atom. The highest BCUT2D eigenvalue weighted by molar-refractivity contribution is 14.0. The number of hydrogen-bond donors (Lipinski definition) is 3. The minimum atomic E-state index is -0.201. The lowest BCUT2D eigenvalue weighted by Gasteiger charge is -2.12. The van der Waals surface area contributed by atoms with Crippen LogP contribution in [0, 0.1) is 12.7 Å². The Balaban J connectivity index is 0.00000338. The fourth-order valence-corrected chi connectivity index (χ4v) is 2.91. The maximum absolute atomic E-state index is 13.5. The third-order valence-corrected chi connectivity index (χ3v) is 4.45. The minimum Gasteiger partial charge on any atom is -0.356 e. The molecule has 0 atom stereocenters. The van der Waals surface area contributed by atoms with Crippen molar-refractivity contribution in [3.8, 4) is 0 Å². The molecule has 2 rings (SSSR count). The van der Waals surface area contributed by atoms with Gasteiger partial charge in [0.2, 0.25) is 0 Å². The molecule has 0 unspecified atom stereocenters. The van der Waals surface area contributed by atoms with E-state index in [1.165, 1.54) is 17.4 Å². The standard InChI is InChI=1S/C17H22FN5OS.HI/c1-12-15(25-11-23-12)16(24)20-9-10-22-17(19-2)21-8-7-13-5-3-4-6-14(13)18;/h3-6,11H,7-10H2,1-2H3,(H,20,24)(H2,19,21,22);1H. The van der Waals surface area contributed by atoms with Crippen molar-refractivity contribution in [2.75, 3.05) is 26.7 Å². The maximum Gasteiger partial charge on any atom is 0.263 e. The molecule has 0 saturated heterocycles. The summed E-state index contributed by atoms with van der Waals surface area (Å²) < 4.78 is 13.5. The van der Waals surface area contributed by atoms with Crippen LogP contribution in [0.1, 0.15) is 20.9 Å². The smallest absolute Gasteiger partial charge is 0.263 e. The van der Waals surface area contributed by atoms with E-state index < -0.39 is 0 Å². The first-order chi connectivity index (χ1) is 12.1. The molecule has 3 N–H and O–H groups in total. The van der Waals surface area contributed by atoms with Crippen molar-refractivity contribution in [2.24, 2.45) is 4.99 Å².